The summed E-state index contributed by atoms with van der Waals surface area (Å²) in [4.78, 5) is 30.4. The van der Waals surface area contributed by atoms with Gasteiger partial charge < -0.3 is 19.1 Å². The highest BCUT2D eigenvalue weighted by atomic mass is 16.3. The van der Waals surface area contributed by atoms with E-state index < -0.39 is 0 Å². The predicted octanol–water partition coefficient (Wildman–Crippen LogP) is 2.95. The Hall–Kier alpha value is -2.76. The summed E-state index contributed by atoms with van der Waals surface area (Å²) in [6, 6.07) is 13.6. The van der Waals surface area contributed by atoms with Crippen LogP contribution in [0.4, 0.5) is 4.79 Å². The number of amides is 3. The van der Waals surface area contributed by atoms with Crippen LogP contribution in [-0.4, -0.2) is 53.3 Å². The normalized spacial score (nSPS) is 13.3. The summed E-state index contributed by atoms with van der Waals surface area (Å²) < 4.78 is 5.42. The lowest BCUT2D eigenvalue weighted by Crippen LogP contribution is -2.47. The van der Waals surface area contributed by atoms with Crippen LogP contribution in [0.15, 0.2) is 53.1 Å². The van der Waals surface area contributed by atoms with E-state index in [4.69, 9.17) is 4.42 Å². The van der Waals surface area contributed by atoms with Crippen molar-refractivity contribution in [2.45, 2.75) is 32.0 Å². The zero-order chi connectivity index (χ0) is 18.5. The molecule has 3 amide bonds. The van der Waals surface area contributed by atoms with Gasteiger partial charge in [0, 0.05) is 26.7 Å². The number of furan rings is 1. The number of nitrogens with zero attached hydrogens (tertiary/aromatic N) is 3. The lowest BCUT2D eigenvalue weighted by molar-refractivity contribution is -0.133. The van der Waals surface area contributed by atoms with E-state index in [1.54, 1.807) is 30.2 Å². The highest BCUT2D eigenvalue weighted by molar-refractivity contribution is 5.84. The van der Waals surface area contributed by atoms with Crippen molar-refractivity contribution in [1.82, 2.24) is 14.7 Å². The van der Waals surface area contributed by atoms with Gasteiger partial charge in [-0.2, -0.15) is 0 Å². The lowest BCUT2D eigenvalue weighted by atomic mass is 10.2. The summed E-state index contributed by atoms with van der Waals surface area (Å²) in [6.45, 7) is 0.958. The average molecular weight is 355 g/mol. The first-order valence-corrected chi connectivity index (χ1v) is 8.86. The molecule has 6 heteroatoms. The number of hydrogen-bond donors (Lipinski definition) is 0. The van der Waals surface area contributed by atoms with Crippen molar-refractivity contribution < 1.29 is 14.0 Å². The van der Waals surface area contributed by atoms with Crippen LogP contribution in [0.25, 0.3) is 0 Å². The minimum Gasteiger partial charge on any atom is -0.467 e. The Morgan fingerprint density at radius 3 is 2.35 bits per heavy atom. The number of rotatable bonds is 7. The van der Waals surface area contributed by atoms with Gasteiger partial charge in [-0.1, -0.05) is 30.3 Å². The average Bonchev–Trinajstić information content (AvgIpc) is 3.35. The molecule has 0 atom stereocenters. The summed E-state index contributed by atoms with van der Waals surface area (Å²) in [5.74, 6) is 0.651. The molecule has 1 fully saturated rings. The van der Waals surface area contributed by atoms with Gasteiger partial charge in [0.1, 0.15) is 12.3 Å². The maximum Gasteiger partial charge on any atom is 0.320 e. The number of hydrogen-bond acceptors (Lipinski definition) is 3. The van der Waals surface area contributed by atoms with Gasteiger partial charge in [-0.3, -0.25) is 4.79 Å². The van der Waals surface area contributed by atoms with Crippen molar-refractivity contribution in [3.63, 3.8) is 0 Å². The highest BCUT2D eigenvalue weighted by Crippen LogP contribution is 2.27. The van der Waals surface area contributed by atoms with E-state index in [2.05, 4.69) is 0 Å². The third-order valence-electron chi connectivity index (χ3n) is 4.42. The number of urea groups is 1. The van der Waals surface area contributed by atoms with Gasteiger partial charge in [-0.05, 0) is 30.5 Å². The SMILES string of the molecule is CN(C)C(=O)N(CC(=O)N(Cc1ccccc1)Cc1ccco1)C1CC1. The monoisotopic (exact) mass is 355 g/mol. The molecule has 1 saturated carbocycles. The lowest BCUT2D eigenvalue weighted by Gasteiger charge is -2.29. The molecule has 26 heavy (non-hydrogen) atoms. The second kappa shape index (κ2) is 8.08. The second-order valence-electron chi connectivity index (χ2n) is 6.85. The molecule has 2 aromatic rings. The van der Waals surface area contributed by atoms with E-state index in [9.17, 15) is 9.59 Å². The summed E-state index contributed by atoms with van der Waals surface area (Å²) >= 11 is 0. The Balaban J connectivity index is 1.73. The first kappa shape index (κ1) is 18.0. The van der Waals surface area contributed by atoms with Crippen LogP contribution in [0.2, 0.25) is 0 Å². The van der Waals surface area contributed by atoms with E-state index >= 15 is 0 Å². The maximum absolute atomic E-state index is 13.0. The minimum atomic E-state index is -0.112. The zero-order valence-corrected chi connectivity index (χ0v) is 15.3. The molecule has 0 aliphatic heterocycles. The first-order valence-electron chi connectivity index (χ1n) is 8.86. The summed E-state index contributed by atoms with van der Waals surface area (Å²) in [5, 5.41) is 0. The van der Waals surface area contributed by atoms with Gasteiger partial charge in [0.25, 0.3) is 0 Å². The van der Waals surface area contributed by atoms with Crippen molar-refractivity contribution in [2.24, 2.45) is 0 Å². The molecule has 1 aliphatic carbocycles. The molecular weight excluding hydrogens is 330 g/mol. The fraction of sp³-hybridized carbons (Fsp3) is 0.400. The fourth-order valence-corrected chi connectivity index (χ4v) is 2.87. The zero-order valence-electron chi connectivity index (χ0n) is 15.3. The second-order valence-corrected chi connectivity index (χ2v) is 6.85. The largest absolute Gasteiger partial charge is 0.467 e. The van der Waals surface area contributed by atoms with Gasteiger partial charge in [-0.25, -0.2) is 4.79 Å². The van der Waals surface area contributed by atoms with Crippen LogP contribution in [0.1, 0.15) is 24.2 Å². The molecule has 0 bridgehead atoms. The molecule has 3 rings (SSSR count). The molecule has 0 spiro atoms. The fourth-order valence-electron chi connectivity index (χ4n) is 2.87. The third-order valence-corrected chi connectivity index (χ3v) is 4.42. The molecule has 6 nitrogen and oxygen atoms in total. The molecule has 138 valence electrons. The summed E-state index contributed by atoms with van der Waals surface area (Å²) in [6.07, 6.45) is 3.53. The Morgan fingerprint density at radius 2 is 1.77 bits per heavy atom. The number of carbonyl (C=O) groups excluding carboxylic acids is 2. The Morgan fingerprint density at radius 1 is 1.04 bits per heavy atom. The van der Waals surface area contributed by atoms with Gasteiger partial charge in [0.2, 0.25) is 5.91 Å². The molecular formula is C20H25N3O3. The van der Waals surface area contributed by atoms with Gasteiger partial charge >= 0.3 is 6.03 Å². The summed E-state index contributed by atoms with van der Waals surface area (Å²) in [5.41, 5.74) is 1.05. The number of carbonyl (C=O) groups is 2. The Bertz CT molecular complexity index is 724. The summed E-state index contributed by atoms with van der Waals surface area (Å²) in [7, 11) is 3.43. The molecule has 1 heterocycles. The molecule has 1 aromatic carbocycles. The van der Waals surface area contributed by atoms with Crippen LogP contribution in [0, 0.1) is 0 Å². The van der Waals surface area contributed by atoms with Crippen LogP contribution >= 0.6 is 0 Å². The first-order chi connectivity index (χ1) is 12.5. The number of benzene rings is 1. The standard InChI is InChI=1S/C20H25N3O3/c1-21(2)20(25)23(17-10-11-17)15-19(24)22(14-18-9-6-12-26-18)13-16-7-4-3-5-8-16/h3-9,12,17H,10-11,13-15H2,1-2H3. The topological polar surface area (TPSA) is 57.0 Å². The van der Waals surface area contributed by atoms with Crippen LogP contribution < -0.4 is 0 Å². The van der Waals surface area contributed by atoms with Crippen molar-refractivity contribution in [3.8, 4) is 0 Å². The van der Waals surface area contributed by atoms with Gasteiger partial charge in [0.15, 0.2) is 0 Å². The molecule has 0 radical (unpaired) electrons. The van der Waals surface area contributed by atoms with E-state index in [0.29, 0.717) is 13.1 Å². The van der Waals surface area contributed by atoms with E-state index in [1.165, 1.54) is 4.90 Å². The smallest absolute Gasteiger partial charge is 0.320 e. The van der Waals surface area contributed by atoms with Crippen molar-refractivity contribution in [2.75, 3.05) is 20.6 Å². The Kier molecular flexibility index (Phi) is 5.61. The van der Waals surface area contributed by atoms with Gasteiger partial charge in [0.05, 0.1) is 12.8 Å². The van der Waals surface area contributed by atoms with Gasteiger partial charge in [-0.15, -0.1) is 0 Å². The van der Waals surface area contributed by atoms with Crippen LogP contribution in [-0.2, 0) is 17.9 Å². The molecule has 1 aliphatic rings. The Labute approximate surface area is 154 Å². The third kappa shape index (κ3) is 4.65. The molecule has 0 saturated heterocycles. The quantitative estimate of drug-likeness (QED) is 0.767. The van der Waals surface area contributed by atoms with Crippen LogP contribution in [0.3, 0.4) is 0 Å². The van der Waals surface area contributed by atoms with Crippen molar-refractivity contribution >= 4 is 11.9 Å². The highest BCUT2D eigenvalue weighted by Gasteiger charge is 2.35. The predicted molar refractivity (Wildman–Crippen MR) is 98.2 cm³/mol. The van der Waals surface area contributed by atoms with Crippen LogP contribution in [0.5, 0.6) is 0 Å². The van der Waals surface area contributed by atoms with Crippen molar-refractivity contribution in [3.05, 3.63) is 60.1 Å². The van der Waals surface area contributed by atoms with Crippen molar-refractivity contribution in [1.29, 1.82) is 0 Å². The van der Waals surface area contributed by atoms with E-state index in [-0.39, 0.29) is 24.5 Å². The molecule has 0 N–H and O–H groups in total. The molecule has 1 aromatic heterocycles. The maximum atomic E-state index is 13.0. The molecule has 0 unspecified atom stereocenters. The van der Waals surface area contributed by atoms with E-state index in [0.717, 1.165) is 24.2 Å². The minimum absolute atomic E-state index is 0.0765. The van der Waals surface area contributed by atoms with E-state index in [1.807, 2.05) is 42.5 Å².